The van der Waals surface area contributed by atoms with E-state index >= 15 is 0 Å². The van der Waals surface area contributed by atoms with Crippen molar-refractivity contribution in [3.8, 4) is 11.5 Å². The summed E-state index contributed by atoms with van der Waals surface area (Å²) in [7, 11) is 3.10. The van der Waals surface area contributed by atoms with Gasteiger partial charge in [0.25, 0.3) is 11.6 Å². The molecule has 0 radical (unpaired) electrons. The highest BCUT2D eigenvalue weighted by Crippen LogP contribution is 2.40. The summed E-state index contributed by atoms with van der Waals surface area (Å²) in [5.74, 6) is 0.589. The van der Waals surface area contributed by atoms with Gasteiger partial charge in [0.05, 0.1) is 19.1 Å². The number of fused-ring (bicyclic) bond motifs is 1. The predicted molar refractivity (Wildman–Crippen MR) is 130 cm³/mol. The summed E-state index contributed by atoms with van der Waals surface area (Å²) in [5.41, 5.74) is 0.150. The molecule has 11 heteroatoms. The van der Waals surface area contributed by atoms with Crippen LogP contribution in [0.2, 0.25) is 5.02 Å². The Bertz CT molecular complexity index is 1120. The predicted octanol–water partition coefficient (Wildman–Crippen LogP) is 4.86. The van der Waals surface area contributed by atoms with Gasteiger partial charge >= 0.3 is 0 Å². The number of nitro groups is 1. The lowest BCUT2D eigenvalue weighted by Crippen LogP contribution is -2.39. The number of nitro benzene ring substituents is 1. The number of hydrogen-bond acceptors (Lipinski definition) is 8. The molecular weight excluding hydrogens is 468 g/mol. The number of amides is 1. The van der Waals surface area contributed by atoms with E-state index in [4.69, 9.17) is 21.1 Å². The number of aromatic nitrogens is 1. The van der Waals surface area contributed by atoms with Crippen molar-refractivity contribution in [2.24, 2.45) is 0 Å². The van der Waals surface area contributed by atoms with Gasteiger partial charge in [0.2, 0.25) is 0 Å². The van der Waals surface area contributed by atoms with Gasteiger partial charge in [-0.15, -0.1) is 0 Å². The van der Waals surface area contributed by atoms with Crippen LogP contribution in [0.4, 0.5) is 10.8 Å². The average molecular weight is 493 g/mol. The number of benzene rings is 2. The maximum Gasteiger partial charge on any atom is 0.282 e. The number of rotatable bonds is 10. The lowest BCUT2D eigenvalue weighted by Gasteiger charge is -2.24. The number of thiazole rings is 1. The minimum Gasteiger partial charge on any atom is -0.495 e. The normalized spacial score (nSPS) is 11.1. The van der Waals surface area contributed by atoms with Crippen LogP contribution in [0.15, 0.2) is 30.3 Å². The molecule has 0 saturated heterocycles. The van der Waals surface area contributed by atoms with E-state index < -0.39 is 10.8 Å². The second-order valence-electron chi connectivity index (χ2n) is 7.05. The average Bonchev–Trinajstić information content (AvgIpc) is 3.25. The molecule has 0 unspecified atom stereocenters. The first-order chi connectivity index (χ1) is 15.8. The Kier molecular flexibility index (Phi) is 8.06. The SMILES string of the molecule is CCN(CC)CCN(C(=O)c1cc(Cl)ccc1[N+](=O)[O-])c1nc2c(OC)ccc(OC)c2s1. The summed E-state index contributed by atoms with van der Waals surface area (Å²) < 4.78 is 11.6. The molecule has 3 aromatic rings. The first-order valence-corrected chi connectivity index (χ1v) is 11.5. The van der Waals surface area contributed by atoms with E-state index in [1.54, 1.807) is 26.4 Å². The third-order valence-corrected chi connectivity index (χ3v) is 6.62. The number of halogens is 1. The van der Waals surface area contributed by atoms with Crippen LogP contribution in [0.3, 0.4) is 0 Å². The van der Waals surface area contributed by atoms with Crippen LogP contribution >= 0.6 is 22.9 Å². The van der Waals surface area contributed by atoms with Crippen LogP contribution in [0, 0.1) is 10.1 Å². The Balaban J connectivity index is 2.14. The highest BCUT2D eigenvalue weighted by Gasteiger charge is 2.29. The van der Waals surface area contributed by atoms with Crippen molar-refractivity contribution in [1.82, 2.24) is 9.88 Å². The molecule has 3 rings (SSSR count). The van der Waals surface area contributed by atoms with Crippen LogP contribution in [0.25, 0.3) is 10.2 Å². The molecule has 9 nitrogen and oxygen atoms in total. The first-order valence-electron chi connectivity index (χ1n) is 10.3. The van der Waals surface area contributed by atoms with Crippen LogP contribution < -0.4 is 14.4 Å². The van der Waals surface area contributed by atoms with E-state index in [0.717, 1.165) is 13.1 Å². The molecule has 1 aromatic heterocycles. The molecule has 33 heavy (non-hydrogen) atoms. The van der Waals surface area contributed by atoms with Crippen LogP contribution in [0.1, 0.15) is 24.2 Å². The minimum absolute atomic E-state index is 0.0924. The van der Waals surface area contributed by atoms with E-state index in [-0.39, 0.29) is 22.8 Å². The highest BCUT2D eigenvalue weighted by atomic mass is 35.5. The number of carbonyl (C=O) groups excluding carboxylic acids is 1. The molecule has 0 bridgehead atoms. The van der Waals surface area contributed by atoms with Gasteiger partial charge < -0.3 is 14.4 Å². The van der Waals surface area contributed by atoms with Gasteiger partial charge in [-0.25, -0.2) is 4.98 Å². The fourth-order valence-corrected chi connectivity index (χ4v) is 4.71. The smallest absolute Gasteiger partial charge is 0.282 e. The Morgan fingerprint density at radius 2 is 1.79 bits per heavy atom. The number of ether oxygens (including phenoxy) is 2. The fraction of sp³-hybridized carbons (Fsp3) is 0.364. The number of carbonyl (C=O) groups is 1. The van der Waals surface area contributed by atoms with Gasteiger partial charge in [0.1, 0.15) is 27.3 Å². The number of likely N-dealkylation sites (N-methyl/N-ethyl adjacent to an activating group) is 1. The maximum absolute atomic E-state index is 13.6. The zero-order chi connectivity index (χ0) is 24.1. The summed E-state index contributed by atoms with van der Waals surface area (Å²) in [6.07, 6.45) is 0. The number of hydrogen-bond donors (Lipinski definition) is 0. The molecule has 0 N–H and O–H groups in total. The van der Waals surface area contributed by atoms with Crippen molar-refractivity contribution in [3.05, 3.63) is 51.0 Å². The van der Waals surface area contributed by atoms with Crippen molar-refractivity contribution in [1.29, 1.82) is 0 Å². The lowest BCUT2D eigenvalue weighted by molar-refractivity contribution is -0.385. The topological polar surface area (TPSA) is 98.0 Å². The van der Waals surface area contributed by atoms with E-state index in [9.17, 15) is 14.9 Å². The highest BCUT2D eigenvalue weighted by molar-refractivity contribution is 7.22. The van der Waals surface area contributed by atoms with Gasteiger partial charge in [-0.05, 0) is 37.4 Å². The van der Waals surface area contributed by atoms with E-state index in [1.165, 1.54) is 34.4 Å². The number of anilines is 1. The van der Waals surface area contributed by atoms with E-state index in [1.807, 2.05) is 13.8 Å². The van der Waals surface area contributed by atoms with Crippen LogP contribution in [-0.2, 0) is 0 Å². The van der Waals surface area contributed by atoms with E-state index in [0.29, 0.717) is 33.4 Å². The quantitative estimate of drug-likeness (QED) is 0.294. The number of methoxy groups -OCH3 is 2. The van der Waals surface area contributed by atoms with Gasteiger partial charge in [-0.2, -0.15) is 0 Å². The van der Waals surface area contributed by atoms with Gasteiger partial charge in [-0.3, -0.25) is 19.8 Å². The zero-order valence-electron chi connectivity index (χ0n) is 18.8. The van der Waals surface area contributed by atoms with Crippen LogP contribution in [-0.4, -0.2) is 61.1 Å². The summed E-state index contributed by atoms with van der Waals surface area (Å²) in [6, 6.07) is 7.47. The molecule has 0 aliphatic rings. The second-order valence-corrected chi connectivity index (χ2v) is 8.46. The zero-order valence-corrected chi connectivity index (χ0v) is 20.4. The Morgan fingerprint density at radius 1 is 1.12 bits per heavy atom. The van der Waals surface area contributed by atoms with Gasteiger partial charge in [0, 0.05) is 24.2 Å². The van der Waals surface area contributed by atoms with Crippen molar-refractivity contribution in [3.63, 3.8) is 0 Å². The van der Waals surface area contributed by atoms with Crippen molar-refractivity contribution in [2.75, 3.05) is 45.3 Å². The minimum atomic E-state index is -0.587. The molecule has 1 heterocycles. The Labute approximate surface area is 200 Å². The molecular formula is C22H25ClN4O5S. The summed E-state index contributed by atoms with van der Waals surface area (Å²) in [5, 5.41) is 12.2. The van der Waals surface area contributed by atoms with Crippen LogP contribution in [0.5, 0.6) is 11.5 Å². The molecule has 2 aromatic carbocycles. The molecule has 0 aliphatic carbocycles. The Morgan fingerprint density at radius 3 is 2.39 bits per heavy atom. The lowest BCUT2D eigenvalue weighted by atomic mass is 10.1. The van der Waals surface area contributed by atoms with E-state index in [2.05, 4.69) is 9.88 Å². The molecule has 0 fully saturated rings. The standard InChI is InChI=1S/C22H25ClN4O5S/c1-5-25(6-2)11-12-26(21(28)15-13-14(23)7-8-16(15)27(29)30)22-24-19-17(31-3)9-10-18(32-4)20(19)33-22/h7-10,13H,5-6,11-12H2,1-4H3. The molecule has 0 atom stereocenters. The molecule has 0 aliphatic heterocycles. The van der Waals surface area contributed by atoms with Crippen molar-refractivity contribution in [2.45, 2.75) is 13.8 Å². The van der Waals surface area contributed by atoms with Crippen molar-refractivity contribution >= 4 is 49.9 Å². The number of nitrogens with zero attached hydrogens (tertiary/aromatic N) is 4. The van der Waals surface area contributed by atoms with Gasteiger partial charge in [0.15, 0.2) is 5.13 Å². The molecule has 0 saturated carbocycles. The monoisotopic (exact) mass is 492 g/mol. The first kappa shape index (κ1) is 24.7. The molecule has 176 valence electrons. The summed E-state index contributed by atoms with van der Waals surface area (Å²) in [6.45, 7) is 6.52. The van der Waals surface area contributed by atoms with Crippen molar-refractivity contribution < 1.29 is 19.2 Å². The molecule has 1 amide bonds. The Hall–Kier alpha value is -2.95. The fourth-order valence-electron chi connectivity index (χ4n) is 3.44. The second kappa shape index (κ2) is 10.8. The third-order valence-electron chi connectivity index (χ3n) is 5.29. The largest absolute Gasteiger partial charge is 0.495 e. The van der Waals surface area contributed by atoms with Gasteiger partial charge in [-0.1, -0.05) is 36.8 Å². The maximum atomic E-state index is 13.6. The summed E-state index contributed by atoms with van der Waals surface area (Å²) >= 11 is 7.35. The summed E-state index contributed by atoms with van der Waals surface area (Å²) in [4.78, 5) is 32.9. The molecule has 0 spiro atoms. The third kappa shape index (κ3) is 5.18.